The first-order chi connectivity index (χ1) is 12.8. The fourth-order valence-corrected chi connectivity index (χ4v) is 2.39. The zero-order valence-electron chi connectivity index (χ0n) is 14.1. The van der Waals surface area contributed by atoms with E-state index in [2.05, 4.69) is 20.6 Å². The lowest BCUT2D eigenvalue weighted by atomic mass is 10.3. The van der Waals surface area contributed by atoms with Crippen LogP contribution in [0.1, 0.15) is 23.3 Å². The highest BCUT2D eigenvalue weighted by atomic mass is 16.5. The van der Waals surface area contributed by atoms with Crippen LogP contribution in [-0.4, -0.2) is 21.9 Å². The van der Waals surface area contributed by atoms with Crippen LogP contribution in [0.25, 0.3) is 0 Å². The first kappa shape index (κ1) is 16.1. The fourth-order valence-electron chi connectivity index (χ4n) is 2.39. The summed E-state index contributed by atoms with van der Waals surface area (Å²) in [6, 6.07) is 19.0. The molecule has 1 fully saturated rings. The van der Waals surface area contributed by atoms with Gasteiger partial charge in [0.05, 0.1) is 0 Å². The third-order valence-electron chi connectivity index (χ3n) is 3.89. The Balaban J connectivity index is 1.41. The Morgan fingerprint density at radius 1 is 0.962 bits per heavy atom. The standard InChI is InChI=1S/C20H18N4O2/c25-19(22-14-6-7-14)18-12-13-21-20(24-18)23-15-8-10-17(11-9-15)26-16-4-2-1-3-5-16/h1-5,8-14H,6-7H2,(H,22,25)(H,21,23,24). The van der Waals surface area contributed by atoms with Gasteiger partial charge in [-0.25, -0.2) is 9.97 Å². The molecular formula is C20H18N4O2. The minimum Gasteiger partial charge on any atom is -0.457 e. The lowest BCUT2D eigenvalue weighted by molar-refractivity contribution is 0.0946. The molecule has 2 N–H and O–H groups in total. The van der Waals surface area contributed by atoms with Gasteiger partial charge in [0.15, 0.2) is 0 Å². The summed E-state index contributed by atoms with van der Waals surface area (Å²) in [6.07, 6.45) is 3.66. The molecule has 3 aromatic rings. The number of ether oxygens (including phenoxy) is 1. The molecule has 6 heteroatoms. The first-order valence-electron chi connectivity index (χ1n) is 8.50. The largest absolute Gasteiger partial charge is 0.457 e. The smallest absolute Gasteiger partial charge is 0.270 e. The van der Waals surface area contributed by atoms with E-state index in [1.807, 2.05) is 54.6 Å². The summed E-state index contributed by atoms with van der Waals surface area (Å²) in [7, 11) is 0. The van der Waals surface area contributed by atoms with E-state index in [4.69, 9.17) is 4.74 Å². The molecule has 4 rings (SSSR count). The van der Waals surface area contributed by atoms with Crippen molar-refractivity contribution in [2.75, 3.05) is 5.32 Å². The topological polar surface area (TPSA) is 76.1 Å². The number of amides is 1. The Morgan fingerprint density at radius 3 is 2.42 bits per heavy atom. The van der Waals surface area contributed by atoms with E-state index in [9.17, 15) is 4.79 Å². The predicted molar refractivity (Wildman–Crippen MR) is 98.8 cm³/mol. The Hall–Kier alpha value is -3.41. The molecule has 6 nitrogen and oxygen atoms in total. The van der Waals surface area contributed by atoms with Gasteiger partial charge in [-0.2, -0.15) is 0 Å². The molecule has 2 aromatic carbocycles. The van der Waals surface area contributed by atoms with Crippen molar-refractivity contribution < 1.29 is 9.53 Å². The Labute approximate surface area is 151 Å². The molecule has 1 aromatic heterocycles. The van der Waals surface area contributed by atoms with Crippen molar-refractivity contribution in [3.05, 3.63) is 72.6 Å². The molecule has 0 spiro atoms. The van der Waals surface area contributed by atoms with Gasteiger partial charge in [-0.05, 0) is 55.3 Å². The minimum absolute atomic E-state index is 0.162. The zero-order valence-corrected chi connectivity index (χ0v) is 14.1. The van der Waals surface area contributed by atoms with Gasteiger partial charge in [0.2, 0.25) is 5.95 Å². The van der Waals surface area contributed by atoms with E-state index in [-0.39, 0.29) is 5.91 Å². The summed E-state index contributed by atoms with van der Waals surface area (Å²) in [5.41, 5.74) is 1.17. The van der Waals surface area contributed by atoms with Crippen LogP contribution in [0, 0.1) is 0 Å². The van der Waals surface area contributed by atoms with Crippen LogP contribution < -0.4 is 15.4 Å². The molecule has 130 valence electrons. The number of hydrogen-bond donors (Lipinski definition) is 2. The van der Waals surface area contributed by atoms with E-state index >= 15 is 0 Å². The second-order valence-electron chi connectivity index (χ2n) is 6.08. The number of carbonyl (C=O) groups is 1. The van der Waals surface area contributed by atoms with Crippen molar-refractivity contribution in [1.29, 1.82) is 0 Å². The van der Waals surface area contributed by atoms with Crippen LogP contribution in [0.3, 0.4) is 0 Å². The number of nitrogens with one attached hydrogen (secondary N) is 2. The fraction of sp³-hybridized carbons (Fsp3) is 0.150. The number of carbonyl (C=O) groups excluding carboxylic acids is 1. The predicted octanol–water partition coefficient (Wildman–Crippen LogP) is 3.90. The summed E-state index contributed by atoms with van der Waals surface area (Å²) in [6.45, 7) is 0. The highest BCUT2D eigenvalue weighted by Gasteiger charge is 2.24. The second-order valence-corrected chi connectivity index (χ2v) is 6.08. The van der Waals surface area contributed by atoms with Crippen LogP contribution in [0.5, 0.6) is 11.5 Å². The lowest BCUT2D eigenvalue weighted by Crippen LogP contribution is -2.26. The number of anilines is 2. The van der Waals surface area contributed by atoms with Crippen LogP contribution in [0.2, 0.25) is 0 Å². The normalized spacial score (nSPS) is 13.1. The Bertz CT molecular complexity index is 893. The van der Waals surface area contributed by atoms with Gasteiger partial charge in [0, 0.05) is 17.9 Å². The third-order valence-corrected chi connectivity index (χ3v) is 3.89. The molecule has 1 aliphatic rings. The molecule has 0 bridgehead atoms. The molecule has 26 heavy (non-hydrogen) atoms. The lowest BCUT2D eigenvalue weighted by Gasteiger charge is -2.09. The maximum atomic E-state index is 12.1. The molecule has 0 aliphatic heterocycles. The van der Waals surface area contributed by atoms with Gasteiger partial charge in [0.25, 0.3) is 5.91 Å². The molecule has 0 saturated heterocycles. The Kier molecular flexibility index (Phi) is 4.47. The van der Waals surface area contributed by atoms with Crippen LogP contribution in [0.4, 0.5) is 11.6 Å². The summed E-state index contributed by atoms with van der Waals surface area (Å²) >= 11 is 0. The zero-order chi connectivity index (χ0) is 17.8. The van der Waals surface area contributed by atoms with E-state index in [0.717, 1.165) is 30.0 Å². The van der Waals surface area contributed by atoms with Crippen LogP contribution in [0.15, 0.2) is 66.9 Å². The summed E-state index contributed by atoms with van der Waals surface area (Å²) in [5.74, 6) is 1.74. The highest BCUT2D eigenvalue weighted by molar-refractivity contribution is 5.92. The van der Waals surface area contributed by atoms with E-state index in [1.54, 1.807) is 12.3 Å². The molecule has 1 amide bonds. The molecule has 1 heterocycles. The van der Waals surface area contributed by atoms with Gasteiger partial charge in [-0.1, -0.05) is 18.2 Å². The van der Waals surface area contributed by atoms with Gasteiger partial charge < -0.3 is 15.4 Å². The second kappa shape index (κ2) is 7.23. The van der Waals surface area contributed by atoms with Crippen molar-refractivity contribution in [2.24, 2.45) is 0 Å². The summed E-state index contributed by atoms with van der Waals surface area (Å²) in [4.78, 5) is 20.5. The average molecular weight is 346 g/mol. The number of rotatable bonds is 6. The number of para-hydroxylation sites is 1. The molecule has 0 radical (unpaired) electrons. The van der Waals surface area contributed by atoms with Crippen molar-refractivity contribution in [2.45, 2.75) is 18.9 Å². The van der Waals surface area contributed by atoms with Crippen molar-refractivity contribution in [3.63, 3.8) is 0 Å². The number of aromatic nitrogens is 2. The number of hydrogen-bond acceptors (Lipinski definition) is 5. The number of nitrogens with zero attached hydrogens (tertiary/aromatic N) is 2. The molecule has 1 saturated carbocycles. The van der Waals surface area contributed by atoms with E-state index < -0.39 is 0 Å². The quantitative estimate of drug-likeness (QED) is 0.708. The molecule has 0 unspecified atom stereocenters. The summed E-state index contributed by atoms with van der Waals surface area (Å²) < 4.78 is 5.77. The van der Waals surface area contributed by atoms with Crippen LogP contribution in [-0.2, 0) is 0 Å². The Morgan fingerprint density at radius 2 is 1.69 bits per heavy atom. The van der Waals surface area contributed by atoms with Gasteiger partial charge >= 0.3 is 0 Å². The molecule has 0 atom stereocenters. The van der Waals surface area contributed by atoms with Gasteiger partial charge in [0.1, 0.15) is 17.2 Å². The van der Waals surface area contributed by atoms with Crippen molar-refractivity contribution in [1.82, 2.24) is 15.3 Å². The number of benzene rings is 2. The molecular weight excluding hydrogens is 328 g/mol. The minimum atomic E-state index is -0.162. The maximum absolute atomic E-state index is 12.1. The van der Waals surface area contributed by atoms with E-state index in [0.29, 0.717) is 17.7 Å². The molecule has 1 aliphatic carbocycles. The monoisotopic (exact) mass is 346 g/mol. The summed E-state index contributed by atoms with van der Waals surface area (Å²) in [5, 5.41) is 6.02. The van der Waals surface area contributed by atoms with Gasteiger partial charge in [-0.3, -0.25) is 4.79 Å². The average Bonchev–Trinajstić information content (AvgIpc) is 3.48. The first-order valence-corrected chi connectivity index (χ1v) is 8.50. The highest BCUT2D eigenvalue weighted by Crippen LogP contribution is 2.23. The SMILES string of the molecule is O=C(NC1CC1)c1ccnc(Nc2ccc(Oc3ccccc3)cc2)n1. The maximum Gasteiger partial charge on any atom is 0.270 e. The van der Waals surface area contributed by atoms with Crippen molar-refractivity contribution >= 4 is 17.5 Å². The van der Waals surface area contributed by atoms with Crippen LogP contribution >= 0.6 is 0 Å². The van der Waals surface area contributed by atoms with Gasteiger partial charge in [-0.15, -0.1) is 0 Å². The third kappa shape index (κ3) is 4.16. The van der Waals surface area contributed by atoms with Crippen molar-refractivity contribution in [3.8, 4) is 11.5 Å². The van der Waals surface area contributed by atoms with E-state index in [1.165, 1.54) is 0 Å².